The SMILES string of the molecule is Cc1nn(-c2ccccc2)c(C)c1/C=N\Nc1nc(Cl)c(Cl)cc1Cl. The summed E-state index contributed by atoms with van der Waals surface area (Å²) in [6.07, 6.45) is 1.68. The first-order chi connectivity index (χ1) is 12.0. The average Bonchev–Trinajstić information content (AvgIpc) is 2.88. The Morgan fingerprint density at radius 2 is 1.80 bits per heavy atom. The lowest BCUT2D eigenvalue weighted by molar-refractivity contribution is 0.833. The van der Waals surface area contributed by atoms with Gasteiger partial charge in [-0.2, -0.15) is 10.2 Å². The molecule has 0 atom stereocenters. The van der Waals surface area contributed by atoms with Crippen LogP contribution in [0.15, 0.2) is 41.5 Å². The molecule has 0 aliphatic heterocycles. The molecule has 3 aromatic rings. The van der Waals surface area contributed by atoms with E-state index in [0.29, 0.717) is 10.8 Å². The van der Waals surface area contributed by atoms with E-state index in [1.165, 1.54) is 6.07 Å². The van der Waals surface area contributed by atoms with Gasteiger partial charge in [0.05, 0.1) is 33.3 Å². The number of hydrazone groups is 1. The topological polar surface area (TPSA) is 55.1 Å². The van der Waals surface area contributed by atoms with E-state index >= 15 is 0 Å². The number of hydrogen-bond acceptors (Lipinski definition) is 4. The van der Waals surface area contributed by atoms with Crippen molar-refractivity contribution in [1.82, 2.24) is 14.8 Å². The fraction of sp³-hybridized carbons (Fsp3) is 0.118. The number of aromatic nitrogens is 3. The summed E-state index contributed by atoms with van der Waals surface area (Å²) in [5, 5.41) is 9.54. The van der Waals surface area contributed by atoms with E-state index in [0.717, 1.165) is 22.6 Å². The molecule has 1 N–H and O–H groups in total. The van der Waals surface area contributed by atoms with Crippen molar-refractivity contribution in [2.24, 2.45) is 5.10 Å². The number of hydrogen-bond donors (Lipinski definition) is 1. The molecule has 0 aliphatic rings. The lowest BCUT2D eigenvalue weighted by Gasteiger charge is -2.04. The average molecular weight is 395 g/mol. The van der Waals surface area contributed by atoms with E-state index < -0.39 is 0 Å². The summed E-state index contributed by atoms with van der Waals surface area (Å²) in [6, 6.07) is 11.4. The minimum absolute atomic E-state index is 0.160. The second kappa shape index (κ2) is 7.44. The number of benzene rings is 1. The monoisotopic (exact) mass is 393 g/mol. The van der Waals surface area contributed by atoms with E-state index in [9.17, 15) is 0 Å². The quantitative estimate of drug-likeness (QED) is 0.371. The van der Waals surface area contributed by atoms with Gasteiger partial charge >= 0.3 is 0 Å². The van der Waals surface area contributed by atoms with Crippen LogP contribution in [-0.2, 0) is 0 Å². The molecular weight excluding hydrogens is 381 g/mol. The molecule has 8 heteroatoms. The molecule has 0 saturated carbocycles. The van der Waals surface area contributed by atoms with Crippen molar-refractivity contribution in [2.45, 2.75) is 13.8 Å². The third-order valence-electron chi connectivity index (χ3n) is 3.60. The summed E-state index contributed by atoms with van der Waals surface area (Å²) in [5.41, 5.74) is 6.52. The summed E-state index contributed by atoms with van der Waals surface area (Å²) < 4.78 is 1.88. The predicted molar refractivity (Wildman–Crippen MR) is 104 cm³/mol. The van der Waals surface area contributed by atoms with Crippen LogP contribution in [0, 0.1) is 13.8 Å². The number of pyridine rings is 1. The number of rotatable bonds is 4. The molecule has 0 saturated heterocycles. The Morgan fingerprint density at radius 1 is 1.08 bits per heavy atom. The van der Waals surface area contributed by atoms with Crippen molar-refractivity contribution in [3.63, 3.8) is 0 Å². The van der Waals surface area contributed by atoms with Crippen LogP contribution in [0.3, 0.4) is 0 Å². The third-order valence-corrected chi connectivity index (χ3v) is 4.56. The van der Waals surface area contributed by atoms with Crippen LogP contribution >= 0.6 is 34.8 Å². The first kappa shape index (κ1) is 17.7. The lowest BCUT2D eigenvalue weighted by atomic mass is 10.2. The van der Waals surface area contributed by atoms with Crippen molar-refractivity contribution < 1.29 is 0 Å². The van der Waals surface area contributed by atoms with Gasteiger partial charge in [-0.05, 0) is 32.0 Å². The van der Waals surface area contributed by atoms with Gasteiger partial charge in [-0.1, -0.05) is 53.0 Å². The standard InChI is InChI=1S/C17H14Cl3N5/c1-10-13(11(2)25(24-10)12-6-4-3-5-7-12)9-21-23-17-15(19)8-14(18)16(20)22-17/h3-9H,1-2H3,(H,22,23)/b21-9-. The number of nitrogens with zero attached hydrogens (tertiary/aromatic N) is 4. The summed E-state index contributed by atoms with van der Waals surface area (Å²) in [6.45, 7) is 3.91. The first-order valence-corrected chi connectivity index (χ1v) is 8.53. The Labute approximate surface area is 160 Å². The Bertz CT molecular complexity index is 935. The van der Waals surface area contributed by atoms with Gasteiger partial charge in [0.2, 0.25) is 0 Å². The molecule has 0 aliphatic carbocycles. The zero-order valence-electron chi connectivity index (χ0n) is 13.5. The fourth-order valence-corrected chi connectivity index (χ4v) is 2.88. The fourth-order valence-electron chi connectivity index (χ4n) is 2.34. The zero-order chi connectivity index (χ0) is 18.0. The maximum Gasteiger partial charge on any atom is 0.166 e. The Kier molecular flexibility index (Phi) is 5.27. The van der Waals surface area contributed by atoms with E-state index in [4.69, 9.17) is 34.8 Å². The highest BCUT2D eigenvalue weighted by molar-refractivity contribution is 6.42. The van der Waals surface area contributed by atoms with Crippen molar-refractivity contribution >= 4 is 46.8 Å². The highest BCUT2D eigenvalue weighted by atomic mass is 35.5. The van der Waals surface area contributed by atoms with Gasteiger partial charge < -0.3 is 0 Å². The molecule has 0 fully saturated rings. The molecule has 5 nitrogen and oxygen atoms in total. The number of aryl methyl sites for hydroxylation is 1. The van der Waals surface area contributed by atoms with Crippen molar-refractivity contribution in [2.75, 3.05) is 5.43 Å². The molecule has 2 heterocycles. The molecule has 25 heavy (non-hydrogen) atoms. The maximum atomic E-state index is 6.07. The normalized spacial score (nSPS) is 11.2. The van der Waals surface area contributed by atoms with Crippen molar-refractivity contribution in [1.29, 1.82) is 0 Å². The number of para-hydroxylation sites is 1. The van der Waals surface area contributed by atoms with Gasteiger partial charge in [0.1, 0.15) is 5.15 Å². The first-order valence-electron chi connectivity index (χ1n) is 7.39. The molecular formula is C17H14Cl3N5. The summed E-state index contributed by atoms with van der Waals surface area (Å²) >= 11 is 17.8. The highest BCUT2D eigenvalue weighted by Crippen LogP contribution is 2.28. The van der Waals surface area contributed by atoms with Gasteiger partial charge in [-0.3, -0.25) is 5.43 Å². The Morgan fingerprint density at radius 3 is 2.52 bits per heavy atom. The number of halogens is 3. The molecule has 3 rings (SSSR count). The second-order valence-corrected chi connectivity index (χ2v) is 6.47. The van der Waals surface area contributed by atoms with Crippen LogP contribution in [0.1, 0.15) is 17.0 Å². The molecule has 2 aromatic heterocycles. The van der Waals surface area contributed by atoms with Crippen LogP contribution in [0.4, 0.5) is 5.82 Å². The molecule has 0 radical (unpaired) electrons. The van der Waals surface area contributed by atoms with E-state index in [2.05, 4.69) is 20.6 Å². The molecule has 0 bridgehead atoms. The molecule has 1 aromatic carbocycles. The third kappa shape index (κ3) is 3.79. The Hall–Kier alpha value is -2.08. The summed E-state index contributed by atoms with van der Waals surface area (Å²) in [5.74, 6) is 0.332. The predicted octanol–water partition coefficient (Wildman–Crippen LogP) is 5.29. The molecule has 0 unspecified atom stereocenters. The largest absolute Gasteiger partial charge is 0.260 e. The van der Waals surface area contributed by atoms with Crippen LogP contribution in [-0.4, -0.2) is 21.0 Å². The van der Waals surface area contributed by atoms with Crippen LogP contribution in [0.5, 0.6) is 0 Å². The molecule has 128 valence electrons. The van der Waals surface area contributed by atoms with Crippen LogP contribution in [0.25, 0.3) is 5.69 Å². The van der Waals surface area contributed by atoms with Gasteiger partial charge in [-0.25, -0.2) is 9.67 Å². The van der Waals surface area contributed by atoms with E-state index in [1.807, 2.05) is 48.9 Å². The molecule has 0 amide bonds. The number of anilines is 1. The van der Waals surface area contributed by atoms with E-state index in [-0.39, 0.29) is 10.2 Å². The van der Waals surface area contributed by atoms with Gasteiger partial charge in [0.25, 0.3) is 0 Å². The van der Waals surface area contributed by atoms with Crippen LogP contribution in [0.2, 0.25) is 15.2 Å². The molecule has 0 spiro atoms. The number of nitrogens with one attached hydrogen (secondary N) is 1. The second-order valence-electron chi connectivity index (χ2n) is 5.29. The van der Waals surface area contributed by atoms with Gasteiger partial charge in [0, 0.05) is 5.56 Å². The van der Waals surface area contributed by atoms with E-state index in [1.54, 1.807) is 6.21 Å². The lowest BCUT2D eigenvalue weighted by Crippen LogP contribution is -1.99. The minimum atomic E-state index is 0.160. The highest BCUT2D eigenvalue weighted by Gasteiger charge is 2.11. The van der Waals surface area contributed by atoms with Gasteiger partial charge in [-0.15, -0.1) is 0 Å². The summed E-state index contributed by atoms with van der Waals surface area (Å²) in [7, 11) is 0. The maximum absolute atomic E-state index is 6.07. The summed E-state index contributed by atoms with van der Waals surface area (Å²) in [4.78, 5) is 4.06. The zero-order valence-corrected chi connectivity index (χ0v) is 15.7. The van der Waals surface area contributed by atoms with Crippen LogP contribution < -0.4 is 5.43 Å². The van der Waals surface area contributed by atoms with Crippen molar-refractivity contribution in [3.05, 3.63) is 68.5 Å². The smallest absolute Gasteiger partial charge is 0.166 e. The Balaban J connectivity index is 1.85. The van der Waals surface area contributed by atoms with Crippen molar-refractivity contribution in [3.8, 4) is 5.69 Å². The van der Waals surface area contributed by atoms with Gasteiger partial charge in [0.15, 0.2) is 5.82 Å². The minimum Gasteiger partial charge on any atom is -0.260 e.